The molecule has 1 aliphatic carbocycles. The van der Waals surface area contributed by atoms with Crippen molar-refractivity contribution >= 4 is 17.7 Å². The minimum atomic E-state index is -0.973. The number of nitrogens with one attached hydrogen (secondary N) is 1. The number of ether oxygens (including phenoxy) is 2. The number of carbonyl (C=O) groups is 2. The van der Waals surface area contributed by atoms with Crippen LogP contribution in [0.3, 0.4) is 0 Å². The smallest absolute Gasteiger partial charge is 0.411 e. The second-order valence-electron chi connectivity index (χ2n) is 7.69. The molecule has 0 bridgehead atoms. The van der Waals surface area contributed by atoms with Gasteiger partial charge in [0.05, 0.1) is 18.9 Å². The number of benzene rings is 2. The monoisotopic (exact) mass is 433 g/mol. The van der Waals surface area contributed by atoms with Gasteiger partial charge in [0.25, 0.3) is 0 Å². The summed E-state index contributed by atoms with van der Waals surface area (Å²) in [6, 6.07) is 10.4. The molecule has 3 rings (SSSR count). The number of amides is 1. The van der Waals surface area contributed by atoms with Crippen LogP contribution in [0.1, 0.15) is 25.7 Å². The molecule has 1 fully saturated rings. The van der Waals surface area contributed by atoms with Gasteiger partial charge in [0.2, 0.25) is 0 Å². The van der Waals surface area contributed by atoms with E-state index in [0.717, 1.165) is 37.8 Å². The molecule has 2 aromatic rings. The van der Waals surface area contributed by atoms with Crippen LogP contribution in [0.25, 0.3) is 11.1 Å². The lowest BCUT2D eigenvalue weighted by Crippen LogP contribution is -2.25. The van der Waals surface area contributed by atoms with Crippen molar-refractivity contribution in [3.8, 4) is 11.1 Å². The van der Waals surface area contributed by atoms with Crippen LogP contribution in [-0.2, 0) is 14.3 Å². The normalized spacial score (nSPS) is 18.4. The van der Waals surface area contributed by atoms with Crippen molar-refractivity contribution < 1.29 is 33.0 Å². The Labute approximate surface area is 179 Å². The summed E-state index contributed by atoms with van der Waals surface area (Å²) in [5.74, 6) is -2.30. The first-order valence-electron chi connectivity index (χ1n) is 10.2. The van der Waals surface area contributed by atoms with E-state index < -0.39 is 23.7 Å². The van der Waals surface area contributed by atoms with E-state index >= 15 is 0 Å². The average Bonchev–Trinajstić information content (AvgIpc) is 2.75. The maximum atomic E-state index is 13.6. The largest absolute Gasteiger partial charge is 0.480 e. The summed E-state index contributed by atoms with van der Waals surface area (Å²) in [7, 11) is 0. The summed E-state index contributed by atoms with van der Waals surface area (Å²) in [5, 5.41) is 11.3. The molecule has 2 aromatic carbocycles. The number of anilines is 1. The van der Waals surface area contributed by atoms with E-state index in [1.165, 1.54) is 6.07 Å². The third-order valence-corrected chi connectivity index (χ3v) is 5.39. The van der Waals surface area contributed by atoms with Crippen LogP contribution in [0, 0.1) is 23.5 Å². The second kappa shape index (κ2) is 10.9. The van der Waals surface area contributed by atoms with Crippen LogP contribution in [0.15, 0.2) is 42.5 Å². The predicted octanol–water partition coefficient (Wildman–Crippen LogP) is 5.09. The standard InChI is InChI=1S/C23H25F2NO5/c24-19-10-9-17(11-20(19)25)18-3-1-2-4-21(18)26-23(29)31-13-16-7-5-15(6-8-16)12-30-14-22(27)28/h1-4,9-11,15-16H,5-8,12-14H2,(H,26,29)(H,27,28). The molecule has 0 radical (unpaired) electrons. The molecule has 1 amide bonds. The number of hydrogen-bond donors (Lipinski definition) is 2. The predicted molar refractivity (Wildman–Crippen MR) is 111 cm³/mol. The third-order valence-electron chi connectivity index (χ3n) is 5.39. The van der Waals surface area contributed by atoms with Crippen LogP contribution in [-0.4, -0.2) is 37.0 Å². The maximum Gasteiger partial charge on any atom is 0.411 e. The van der Waals surface area contributed by atoms with Crippen molar-refractivity contribution in [2.75, 3.05) is 25.1 Å². The van der Waals surface area contributed by atoms with E-state index in [1.54, 1.807) is 24.3 Å². The summed E-state index contributed by atoms with van der Waals surface area (Å²) >= 11 is 0. The lowest BCUT2D eigenvalue weighted by atomic mass is 9.83. The van der Waals surface area contributed by atoms with Crippen molar-refractivity contribution in [3.05, 3.63) is 54.1 Å². The number of hydrogen-bond acceptors (Lipinski definition) is 4. The highest BCUT2D eigenvalue weighted by Crippen LogP contribution is 2.31. The lowest BCUT2D eigenvalue weighted by molar-refractivity contribution is -0.142. The molecule has 0 aliphatic heterocycles. The summed E-state index contributed by atoms with van der Waals surface area (Å²) < 4.78 is 37.4. The van der Waals surface area contributed by atoms with Crippen LogP contribution >= 0.6 is 0 Å². The van der Waals surface area contributed by atoms with Gasteiger partial charge in [0, 0.05) is 5.56 Å². The molecule has 0 atom stereocenters. The minimum Gasteiger partial charge on any atom is -0.480 e. The van der Waals surface area contributed by atoms with Crippen molar-refractivity contribution in [1.82, 2.24) is 0 Å². The Morgan fingerprint density at radius 2 is 1.65 bits per heavy atom. The molecule has 6 nitrogen and oxygen atoms in total. The number of para-hydroxylation sites is 1. The van der Waals surface area contributed by atoms with Gasteiger partial charge in [-0.2, -0.15) is 0 Å². The van der Waals surface area contributed by atoms with E-state index in [0.29, 0.717) is 29.3 Å². The second-order valence-corrected chi connectivity index (χ2v) is 7.69. The van der Waals surface area contributed by atoms with Gasteiger partial charge in [0.15, 0.2) is 11.6 Å². The van der Waals surface area contributed by atoms with Crippen molar-refractivity contribution in [2.24, 2.45) is 11.8 Å². The minimum absolute atomic E-state index is 0.239. The lowest BCUT2D eigenvalue weighted by Gasteiger charge is -2.27. The fourth-order valence-electron chi connectivity index (χ4n) is 3.72. The zero-order chi connectivity index (χ0) is 22.2. The number of carboxylic acid groups (broad SMARTS) is 1. The molecule has 0 heterocycles. The molecule has 0 spiro atoms. The summed E-state index contributed by atoms with van der Waals surface area (Å²) in [6.07, 6.45) is 2.93. The molecule has 0 unspecified atom stereocenters. The Hall–Kier alpha value is -3.00. The summed E-state index contributed by atoms with van der Waals surface area (Å²) in [5.41, 5.74) is 1.44. The zero-order valence-corrected chi connectivity index (χ0v) is 17.0. The average molecular weight is 433 g/mol. The molecule has 0 aromatic heterocycles. The number of carboxylic acids is 1. The summed E-state index contributed by atoms with van der Waals surface area (Å²) in [6.45, 7) is 0.429. The molecule has 8 heteroatoms. The van der Waals surface area contributed by atoms with Gasteiger partial charge in [-0.05, 0) is 61.3 Å². The van der Waals surface area contributed by atoms with E-state index in [9.17, 15) is 18.4 Å². The Bertz CT molecular complexity index is 913. The molecule has 1 saturated carbocycles. The fraction of sp³-hybridized carbons (Fsp3) is 0.391. The van der Waals surface area contributed by atoms with E-state index in [2.05, 4.69) is 5.32 Å². The highest BCUT2D eigenvalue weighted by molar-refractivity contribution is 5.91. The van der Waals surface area contributed by atoms with Crippen molar-refractivity contribution in [1.29, 1.82) is 0 Å². The van der Waals surface area contributed by atoms with Crippen LogP contribution < -0.4 is 5.32 Å². The van der Waals surface area contributed by atoms with Crippen LogP contribution in [0.5, 0.6) is 0 Å². The number of aliphatic carboxylic acids is 1. The summed E-state index contributed by atoms with van der Waals surface area (Å²) in [4.78, 5) is 22.8. The SMILES string of the molecule is O=C(O)COCC1CCC(COC(=O)Nc2ccccc2-c2ccc(F)c(F)c2)CC1. The van der Waals surface area contributed by atoms with Gasteiger partial charge >= 0.3 is 12.1 Å². The first kappa shape index (κ1) is 22.7. The van der Waals surface area contributed by atoms with Gasteiger partial charge in [-0.25, -0.2) is 18.4 Å². The first-order chi connectivity index (χ1) is 14.9. The van der Waals surface area contributed by atoms with E-state index in [-0.39, 0.29) is 19.1 Å². The van der Waals surface area contributed by atoms with Gasteiger partial charge < -0.3 is 14.6 Å². The van der Waals surface area contributed by atoms with E-state index in [4.69, 9.17) is 14.6 Å². The molecule has 2 N–H and O–H groups in total. The number of halogens is 2. The quantitative estimate of drug-likeness (QED) is 0.606. The van der Waals surface area contributed by atoms with Gasteiger partial charge in [-0.3, -0.25) is 5.32 Å². The van der Waals surface area contributed by atoms with Gasteiger partial charge in [0.1, 0.15) is 6.61 Å². The number of carbonyl (C=O) groups excluding carboxylic acids is 1. The Morgan fingerprint density at radius 3 is 2.32 bits per heavy atom. The Balaban J connectivity index is 1.48. The van der Waals surface area contributed by atoms with Crippen molar-refractivity contribution in [3.63, 3.8) is 0 Å². The molecule has 166 valence electrons. The fourth-order valence-corrected chi connectivity index (χ4v) is 3.72. The van der Waals surface area contributed by atoms with E-state index in [1.807, 2.05) is 0 Å². The number of rotatable bonds is 8. The topological polar surface area (TPSA) is 84.9 Å². The molecular formula is C23H25F2NO5. The van der Waals surface area contributed by atoms with Crippen LogP contribution in [0.4, 0.5) is 19.3 Å². The Kier molecular flexibility index (Phi) is 7.94. The van der Waals surface area contributed by atoms with Crippen molar-refractivity contribution in [2.45, 2.75) is 25.7 Å². The molecule has 0 saturated heterocycles. The molecule has 31 heavy (non-hydrogen) atoms. The van der Waals surface area contributed by atoms with Crippen LogP contribution in [0.2, 0.25) is 0 Å². The zero-order valence-electron chi connectivity index (χ0n) is 17.0. The third kappa shape index (κ3) is 6.75. The van der Waals surface area contributed by atoms with Gasteiger partial charge in [-0.15, -0.1) is 0 Å². The Morgan fingerprint density at radius 1 is 0.968 bits per heavy atom. The molecule has 1 aliphatic rings. The highest BCUT2D eigenvalue weighted by atomic mass is 19.2. The first-order valence-corrected chi connectivity index (χ1v) is 10.2. The maximum absolute atomic E-state index is 13.6. The highest BCUT2D eigenvalue weighted by Gasteiger charge is 2.23. The van der Waals surface area contributed by atoms with Gasteiger partial charge in [-0.1, -0.05) is 24.3 Å². The molecular weight excluding hydrogens is 408 g/mol.